The second kappa shape index (κ2) is 6.91. The van der Waals surface area contributed by atoms with Gasteiger partial charge in [0.2, 0.25) is 5.95 Å². The summed E-state index contributed by atoms with van der Waals surface area (Å²) in [5.74, 6) is 0.699. The molecule has 1 saturated heterocycles. The fraction of sp³-hybridized carbons (Fsp3) is 0.667. The molecular formula is C15H25N5O2. The first-order valence-electron chi connectivity index (χ1n) is 7.63. The standard InChI is InChI=1S/C15H25N5O2/c1-15(2,3)22-14(21)20-8-6-19(7-9-20)13-17-10-12(4-5-16)11-18-13/h10-11H,4-9,16H2,1-3H3. The van der Waals surface area contributed by atoms with Gasteiger partial charge in [-0.1, -0.05) is 0 Å². The molecule has 0 unspecified atom stereocenters. The predicted octanol–water partition coefficient (Wildman–Crippen LogP) is 1.03. The number of hydrogen-bond acceptors (Lipinski definition) is 6. The average molecular weight is 307 g/mol. The van der Waals surface area contributed by atoms with Crippen molar-refractivity contribution >= 4 is 12.0 Å². The Morgan fingerprint density at radius 3 is 2.32 bits per heavy atom. The first kappa shape index (κ1) is 16.5. The molecule has 0 aromatic carbocycles. The lowest BCUT2D eigenvalue weighted by atomic mass is 10.2. The molecule has 1 aliphatic rings. The van der Waals surface area contributed by atoms with Gasteiger partial charge in [0.1, 0.15) is 5.60 Å². The van der Waals surface area contributed by atoms with E-state index in [0.29, 0.717) is 38.7 Å². The van der Waals surface area contributed by atoms with Gasteiger partial charge in [-0.15, -0.1) is 0 Å². The number of piperazine rings is 1. The zero-order valence-corrected chi connectivity index (χ0v) is 13.6. The average Bonchev–Trinajstić information content (AvgIpc) is 2.47. The number of ether oxygens (including phenoxy) is 1. The van der Waals surface area contributed by atoms with Gasteiger partial charge in [0.15, 0.2) is 0 Å². The minimum atomic E-state index is -0.462. The minimum absolute atomic E-state index is 0.258. The van der Waals surface area contributed by atoms with Crippen LogP contribution in [0.15, 0.2) is 12.4 Å². The van der Waals surface area contributed by atoms with E-state index in [-0.39, 0.29) is 6.09 Å². The van der Waals surface area contributed by atoms with Crippen LogP contribution < -0.4 is 10.6 Å². The van der Waals surface area contributed by atoms with Crippen molar-refractivity contribution in [2.45, 2.75) is 32.8 Å². The van der Waals surface area contributed by atoms with E-state index in [1.165, 1.54) is 0 Å². The normalized spacial score (nSPS) is 15.8. The number of amides is 1. The Bertz CT molecular complexity index is 490. The van der Waals surface area contributed by atoms with Gasteiger partial charge >= 0.3 is 6.09 Å². The molecule has 1 aromatic rings. The smallest absolute Gasteiger partial charge is 0.410 e. The van der Waals surface area contributed by atoms with Gasteiger partial charge in [-0.3, -0.25) is 0 Å². The van der Waals surface area contributed by atoms with Crippen molar-refractivity contribution in [3.63, 3.8) is 0 Å². The molecule has 0 saturated carbocycles. The number of aromatic nitrogens is 2. The summed E-state index contributed by atoms with van der Waals surface area (Å²) in [6.45, 7) is 8.85. The maximum Gasteiger partial charge on any atom is 0.410 e. The van der Waals surface area contributed by atoms with Crippen LogP contribution in [0.1, 0.15) is 26.3 Å². The highest BCUT2D eigenvalue weighted by molar-refractivity contribution is 5.68. The maximum atomic E-state index is 12.0. The van der Waals surface area contributed by atoms with Gasteiger partial charge < -0.3 is 20.3 Å². The van der Waals surface area contributed by atoms with Crippen LogP contribution in [-0.2, 0) is 11.2 Å². The fourth-order valence-corrected chi connectivity index (χ4v) is 2.22. The molecular weight excluding hydrogens is 282 g/mol. The number of hydrogen-bond donors (Lipinski definition) is 1. The maximum absolute atomic E-state index is 12.0. The topological polar surface area (TPSA) is 84.6 Å². The fourth-order valence-electron chi connectivity index (χ4n) is 2.22. The van der Waals surface area contributed by atoms with Crippen molar-refractivity contribution in [2.24, 2.45) is 5.73 Å². The van der Waals surface area contributed by atoms with E-state index in [1.54, 1.807) is 4.90 Å². The van der Waals surface area contributed by atoms with Crippen LogP contribution in [0.4, 0.5) is 10.7 Å². The molecule has 22 heavy (non-hydrogen) atoms. The van der Waals surface area contributed by atoms with Crippen molar-refractivity contribution in [3.05, 3.63) is 18.0 Å². The van der Waals surface area contributed by atoms with Gasteiger partial charge in [0.05, 0.1) is 0 Å². The molecule has 7 nitrogen and oxygen atoms in total. The van der Waals surface area contributed by atoms with Gasteiger partial charge in [-0.05, 0) is 39.3 Å². The van der Waals surface area contributed by atoms with E-state index in [2.05, 4.69) is 14.9 Å². The lowest BCUT2D eigenvalue weighted by Crippen LogP contribution is -2.50. The largest absolute Gasteiger partial charge is 0.444 e. The molecule has 2 heterocycles. The Balaban J connectivity index is 1.87. The highest BCUT2D eigenvalue weighted by atomic mass is 16.6. The first-order valence-corrected chi connectivity index (χ1v) is 7.63. The SMILES string of the molecule is CC(C)(C)OC(=O)N1CCN(c2ncc(CCN)cn2)CC1. The molecule has 122 valence electrons. The highest BCUT2D eigenvalue weighted by Crippen LogP contribution is 2.14. The molecule has 1 fully saturated rings. The number of rotatable bonds is 3. The van der Waals surface area contributed by atoms with E-state index in [1.807, 2.05) is 33.2 Å². The van der Waals surface area contributed by atoms with Crippen LogP contribution in [-0.4, -0.2) is 59.3 Å². The monoisotopic (exact) mass is 307 g/mol. The van der Waals surface area contributed by atoms with Gasteiger partial charge in [-0.2, -0.15) is 0 Å². The van der Waals surface area contributed by atoms with Crippen LogP contribution in [0.25, 0.3) is 0 Å². The van der Waals surface area contributed by atoms with Crippen LogP contribution in [0.2, 0.25) is 0 Å². The number of carbonyl (C=O) groups is 1. The molecule has 7 heteroatoms. The van der Waals surface area contributed by atoms with Crippen LogP contribution in [0, 0.1) is 0 Å². The van der Waals surface area contributed by atoms with Gasteiger partial charge in [0.25, 0.3) is 0 Å². The third-order valence-corrected chi connectivity index (χ3v) is 3.34. The highest BCUT2D eigenvalue weighted by Gasteiger charge is 2.26. The minimum Gasteiger partial charge on any atom is -0.444 e. The third kappa shape index (κ3) is 4.56. The summed E-state index contributed by atoms with van der Waals surface area (Å²) in [6, 6.07) is 0. The van der Waals surface area contributed by atoms with E-state index < -0.39 is 5.60 Å². The Labute approximate surface area is 131 Å². The van der Waals surface area contributed by atoms with E-state index >= 15 is 0 Å². The van der Waals surface area contributed by atoms with Crippen molar-refractivity contribution < 1.29 is 9.53 Å². The number of carbonyl (C=O) groups excluding carboxylic acids is 1. The Morgan fingerprint density at radius 1 is 1.23 bits per heavy atom. The molecule has 2 N–H and O–H groups in total. The van der Waals surface area contributed by atoms with Crippen LogP contribution >= 0.6 is 0 Å². The summed E-state index contributed by atoms with van der Waals surface area (Å²) in [6.07, 6.45) is 4.16. The van der Waals surface area contributed by atoms with Crippen molar-refractivity contribution in [3.8, 4) is 0 Å². The molecule has 0 radical (unpaired) electrons. The number of nitrogens with zero attached hydrogens (tertiary/aromatic N) is 4. The molecule has 0 spiro atoms. The predicted molar refractivity (Wildman–Crippen MR) is 84.8 cm³/mol. The summed E-state index contributed by atoms with van der Waals surface area (Å²) in [4.78, 5) is 24.6. The van der Waals surface area contributed by atoms with E-state index in [4.69, 9.17) is 10.5 Å². The van der Waals surface area contributed by atoms with Crippen molar-refractivity contribution in [1.29, 1.82) is 0 Å². The zero-order chi connectivity index (χ0) is 16.2. The Hall–Kier alpha value is -1.89. The van der Waals surface area contributed by atoms with Gasteiger partial charge in [0, 0.05) is 38.6 Å². The van der Waals surface area contributed by atoms with Crippen LogP contribution in [0.5, 0.6) is 0 Å². The lowest BCUT2D eigenvalue weighted by molar-refractivity contribution is 0.0240. The van der Waals surface area contributed by atoms with Crippen molar-refractivity contribution in [2.75, 3.05) is 37.6 Å². The Kier molecular flexibility index (Phi) is 5.18. The molecule has 2 rings (SSSR count). The second-order valence-electron chi connectivity index (χ2n) is 6.38. The number of anilines is 1. The summed E-state index contributed by atoms with van der Waals surface area (Å²) < 4.78 is 5.39. The summed E-state index contributed by atoms with van der Waals surface area (Å²) >= 11 is 0. The summed E-state index contributed by atoms with van der Waals surface area (Å²) in [7, 11) is 0. The zero-order valence-electron chi connectivity index (χ0n) is 13.6. The van der Waals surface area contributed by atoms with Crippen molar-refractivity contribution in [1.82, 2.24) is 14.9 Å². The van der Waals surface area contributed by atoms with E-state index in [9.17, 15) is 4.79 Å². The van der Waals surface area contributed by atoms with Gasteiger partial charge in [-0.25, -0.2) is 14.8 Å². The summed E-state index contributed by atoms with van der Waals surface area (Å²) in [5, 5.41) is 0. The molecule has 0 atom stereocenters. The molecule has 0 aliphatic carbocycles. The third-order valence-electron chi connectivity index (χ3n) is 3.34. The van der Waals surface area contributed by atoms with Crippen LogP contribution in [0.3, 0.4) is 0 Å². The summed E-state index contributed by atoms with van der Waals surface area (Å²) in [5.41, 5.74) is 6.09. The number of nitrogens with two attached hydrogens (primary N) is 1. The molecule has 1 amide bonds. The quantitative estimate of drug-likeness (QED) is 0.898. The molecule has 1 aromatic heterocycles. The lowest BCUT2D eigenvalue weighted by Gasteiger charge is -2.35. The first-order chi connectivity index (χ1) is 10.4. The molecule has 1 aliphatic heterocycles. The Morgan fingerprint density at radius 2 is 1.82 bits per heavy atom. The molecule has 0 bridgehead atoms. The van der Waals surface area contributed by atoms with E-state index in [0.717, 1.165) is 12.0 Å². The second-order valence-corrected chi connectivity index (χ2v) is 6.38.